The predicted molar refractivity (Wildman–Crippen MR) is 489 cm³/mol. The average molecular weight is 1970 g/mol. The van der Waals surface area contributed by atoms with Crippen molar-refractivity contribution in [2.24, 2.45) is 29.2 Å². The minimum Gasteiger partial charge on any atom is -0.393 e. The molecule has 5 rings (SSSR count). The van der Waals surface area contributed by atoms with Crippen molar-refractivity contribution in [3.05, 3.63) is 108 Å². The van der Waals surface area contributed by atoms with E-state index in [9.17, 15) is 130 Å². The van der Waals surface area contributed by atoms with Gasteiger partial charge in [0.1, 0.15) is 54.1 Å². The number of H-pyrrole nitrogens is 1. The first-order valence-electron chi connectivity index (χ1n) is 43.7. The highest BCUT2D eigenvalue weighted by Crippen LogP contribution is 2.25. The van der Waals surface area contributed by atoms with Gasteiger partial charge in [-0.3, -0.25) is 115 Å². The Morgan fingerprint density at radius 1 is 0.518 bits per heavy atom. The van der Waals surface area contributed by atoms with Crippen LogP contribution in [0.15, 0.2) is 91.6 Å². The minimum atomic E-state index is -1.95. The zero-order valence-electron chi connectivity index (χ0n) is 77.3. The van der Waals surface area contributed by atoms with Gasteiger partial charge in [0.15, 0.2) is 5.78 Å². The molecule has 12 atom stereocenters. The van der Waals surface area contributed by atoms with Gasteiger partial charge < -0.3 is 148 Å². The number of aliphatic hydroxyl groups excluding tert-OH is 3. The van der Waals surface area contributed by atoms with E-state index in [-0.39, 0.29) is 49.8 Å². The Morgan fingerprint density at radius 3 is 1.60 bits per heavy atom. The molecule has 3 heterocycles. The van der Waals surface area contributed by atoms with E-state index in [0.717, 1.165) is 18.0 Å². The van der Waals surface area contributed by atoms with E-state index in [1.54, 1.807) is 82.4 Å². The Balaban J connectivity index is 0.988. The van der Waals surface area contributed by atoms with Gasteiger partial charge in [-0.2, -0.15) is 0 Å². The first-order valence-corrected chi connectivity index (χ1v) is 44.1. The SMILES string of the molecule is C=CNC(=O)CNC(=O)C(Cc1ccccc1)NC(=O)C(C)NC(=O)CNC(=O)C(CC(N)=O)NC(=O)CNC(=O)CNC(=O)CNC(=O)CNC(=O)C1C(O)C(O)CN1C(=O)CNC(=O)C(CC(=O)CNC(=O)CNC(=O)C1CCCN1C(=O)CNC(=O)CNC(=O)C(CC(C)C)NC(=O)C(=C)NC(=O)C(Cc1c[nH]c2ccc(Cl)cc12)NC(=O)CNC(=O)/C(=C\C)NC(=O)C(N)C(C)C)C(C)O. The van der Waals surface area contributed by atoms with Crippen LogP contribution in [0.3, 0.4) is 0 Å². The van der Waals surface area contributed by atoms with Gasteiger partial charge in [0.25, 0.3) is 11.8 Å². The standard InChI is InChI=1S/C86H120ClN25O27/c1-10-53(108-85(138)73(89)43(5)6)79(132)99-38-70(125)106-57(24-48-28-91-54-20-19-49(87)25-52(48)54)83(136)105-45(8)77(130)109-55(22-42(3)4)80(133)98-33-67(122)96-39-71(126)111-21-15-18-59(111)84(137)101-34-65(120)92-29-50(114)26-51(46(9)113)78(131)103-40-72(127)112-41-60(115)75(128)74(112)86(139)102-35-66(121)94-30-63(118)93-31-64(119)95-36-69(124)107-58(27-61(88)116)82(135)100-37-68(123)104-44(7)76(129)110-56(23-47-16-13-12-14-17-47)81(134)97-32-62(117)90-11-2/h10-14,16-17,19-20,25,28,42-44,46,51,55-60,73-75,91,113,115,128H,2,8,15,18,21-24,26-27,29-41,89H2,1,3-7,9H3,(H2,88,116)(H,90,117)(H,92,120)(H,93,118)(H,94,121)(H,95,119)(H,96,122)(H,97,134)(H,98,133)(H,99,132)(H,100,135)(H,101,137)(H,102,139)(H,103,131)(H,104,123)(H,105,136)(H,106,125)(H,107,124)(H,108,138)(H,109,130)(H,110,129)/b53-10+. The van der Waals surface area contributed by atoms with Crippen LogP contribution in [0, 0.1) is 17.8 Å². The number of carbonyl (C=O) groups excluding carboxylic acids is 24. The molecule has 0 spiro atoms. The molecular formula is C86H120ClN25O27. The molecule has 2 fully saturated rings. The van der Waals surface area contributed by atoms with E-state index < -0.39 is 318 Å². The number of nitrogens with zero attached hydrogens (tertiary/aromatic N) is 2. The highest BCUT2D eigenvalue weighted by molar-refractivity contribution is 6.31. The van der Waals surface area contributed by atoms with Crippen LogP contribution in [0.25, 0.3) is 10.9 Å². The van der Waals surface area contributed by atoms with Gasteiger partial charge in [0.2, 0.25) is 124 Å². The smallest absolute Gasteiger partial charge is 0.267 e. The molecule has 52 nitrogen and oxygen atoms in total. The number of allylic oxidation sites excluding steroid dienone is 1. The molecular weight excluding hydrogens is 1850 g/mol. The maximum absolute atomic E-state index is 14.0. The van der Waals surface area contributed by atoms with E-state index >= 15 is 0 Å². The lowest BCUT2D eigenvalue weighted by Gasteiger charge is -2.26. The molecule has 28 N–H and O–H groups in total. The number of aliphatic hydroxyl groups is 3. The van der Waals surface area contributed by atoms with Crippen LogP contribution in [0.5, 0.6) is 0 Å². The number of primary amides is 1. The Kier molecular flexibility index (Phi) is 46.9. The lowest BCUT2D eigenvalue weighted by atomic mass is 9.96. The zero-order valence-corrected chi connectivity index (χ0v) is 78.0. The van der Waals surface area contributed by atoms with Crippen molar-refractivity contribution < 1.29 is 130 Å². The Hall–Kier alpha value is -15.2. The molecule has 2 aliphatic rings. The molecule has 2 saturated heterocycles. The number of ketones is 1. The third-order valence-corrected chi connectivity index (χ3v) is 21.2. The second kappa shape index (κ2) is 57.0. The number of aromatic nitrogens is 1. The molecule has 2 aliphatic heterocycles. The Morgan fingerprint density at radius 2 is 1.02 bits per heavy atom. The molecule has 1 aromatic heterocycles. The number of β-amino-alcohol motifs (C(OH)–C–C–N with tert-alkyl or cyclic N) is 1. The van der Waals surface area contributed by atoms with Gasteiger partial charge in [0, 0.05) is 47.9 Å². The van der Waals surface area contributed by atoms with Crippen molar-refractivity contribution in [1.82, 2.24) is 121 Å². The molecule has 0 radical (unpaired) electrons. The second-order valence-electron chi connectivity index (χ2n) is 32.8. The second-order valence-corrected chi connectivity index (χ2v) is 33.2. The first kappa shape index (κ1) is 114. The van der Waals surface area contributed by atoms with Crippen LogP contribution < -0.4 is 118 Å². The minimum absolute atomic E-state index is 0.00322. The average Bonchev–Trinajstić information content (AvgIpc) is 1.66. The van der Waals surface area contributed by atoms with E-state index in [1.165, 1.54) is 19.9 Å². The molecule has 12 unspecified atom stereocenters. The van der Waals surface area contributed by atoms with Crippen LogP contribution >= 0.6 is 11.6 Å². The summed E-state index contributed by atoms with van der Waals surface area (Å²) in [5, 5.41) is 78.7. The normalized spacial score (nSPS) is 16.0. The van der Waals surface area contributed by atoms with E-state index in [4.69, 9.17) is 23.1 Å². The molecule has 0 bridgehead atoms. The highest BCUT2D eigenvalue weighted by Gasteiger charge is 2.47. The van der Waals surface area contributed by atoms with Crippen molar-refractivity contribution in [2.45, 2.75) is 160 Å². The summed E-state index contributed by atoms with van der Waals surface area (Å²) in [6.45, 7) is 8.05. The third-order valence-electron chi connectivity index (χ3n) is 21.0. The number of nitrogens with one attached hydrogen (secondary N) is 21. The summed E-state index contributed by atoms with van der Waals surface area (Å²) < 4.78 is 0. The van der Waals surface area contributed by atoms with Gasteiger partial charge in [0.05, 0.1) is 121 Å². The maximum Gasteiger partial charge on any atom is 0.267 e. The summed E-state index contributed by atoms with van der Waals surface area (Å²) in [7, 11) is 0. The van der Waals surface area contributed by atoms with Gasteiger partial charge in [-0.25, -0.2) is 0 Å². The molecule has 0 saturated carbocycles. The van der Waals surface area contributed by atoms with E-state index in [0.29, 0.717) is 38.4 Å². The molecule has 2 aromatic carbocycles. The largest absolute Gasteiger partial charge is 0.393 e. The monoisotopic (exact) mass is 1970 g/mol. The molecule has 53 heteroatoms. The molecule has 23 amide bonds. The quantitative estimate of drug-likeness (QED) is 0.0233. The van der Waals surface area contributed by atoms with Gasteiger partial charge in [-0.05, 0) is 87.4 Å². The van der Waals surface area contributed by atoms with Gasteiger partial charge in [-0.15, -0.1) is 0 Å². The summed E-state index contributed by atoms with van der Waals surface area (Å²) in [5.74, 6) is -24.2. The first-order chi connectivity index (χ1) is 65.6. The highest BCUT2D eigenvalue weighted by atomic mass is 35.5. The molecule has 3 aromatic rings. The number of aromatic amines is 1. The fraction of sp³-hybridized carbons (Fsp3) is 0.488. The number of Topliss-reactive ketones (excluding diaryl/α,β-unsaturated/α-hetero) is 1. The topological polar surface area (TPSA) is 785 Å². The van der Waals surface area contributed by atoms with E-state index in [2.05, 4.69) is 124 Å². The van der Waals surface area contributed by atoms with Crippen LogP contribution in [0.1, 0.15) is 91.7 Å². The lowest BCUT2D eigenvalue weighted by molar-refractivity contribution is -0.142. The molecule has 139 heavy (non-hydrogen) atoms. The number of rotatable bonds is 55. The zero-order chi connectivity index (χ0) is 104. The molecule has 758 valence electrons. The number of halogens is 1. The third kappa shape index (κ3) is 39.2. The summed E-state index contributed by atoms with van der Waals surface area (Å²) in [5.41, 5.74) is 12.2. The fourth-order valence-electron chi connectivity index (χ4n) is 13.5. The lowest BCUT2D eigenvalue weighted by Crippen LogP contribution is -2.56. The number of likely N-dealkylation sites (tertiary alicyclic amines) is 2. The van der Waals surface area contributed by atoms with Crippen LogP contribution in [-0.2, 0) is 128 Å². The van der Waals surface area contributed by atoms with Crippen molar-refractivity contribution in [3.63, 3.8) is 0 Å². The summed E-state index contributed by atoms with van der Waals surface area (Å²) in [6, 6.07) is 2.50. The maximum atomic E-state index is 14.0. The Labute approximate surface area is 800 Å². The van der Waals surface area contributed by atoms with Gasteiger partial charge in [-0.1, -0.05) is 88.9 Å². The predicted octanol–water partition coefficient (Wildman–Crippen LogP) is -11.9. The molecule has 0 aliphatic carbocycles. The van der Waals surface area contributed by atoms with Crippen molar-refractivity contribution in [2.75, 3.05) is 91.6 Å². The van der Waals surface area contributed by atoms with Crippen LogP contribution in [0.4, 0.5) is 0 Å². The number of nitrogens with two attached hydrogens (primary N) is 2. The number of hydrogen-bond acceptors (Lipinski definition) is 28. The van der Waals surface area contributed by atoms with Gasteiger partial charge >= 0.3 is 0 Å². The number of fused-ring (bicyclic) bond motifs is 1. The van der Waals surface area contributed by atoms with Crippen molar-refractivity contribution in [3.8, 4) is 0 Å². The summed E-state index contributed by atoms with van der Waals surface area (Å²) >= 11 is 6.28. The number of carbonyl (C=O) groups is 24. The summed E-state index contributed by atoms with van der Waals surface area (Å²) in [4.78, 5) is 317. The summed E-state index contributed by atoms with van der Waals surface area (Å²) in [6.07, 6.45) is -2.56. The number of hydrogen-bond donors (Lipinski definition) is 26. The van der Waals surface area contributed by atoms with Crippen molar-refractivity contribution >= 4 is 164 Å². The Bertz CT molecular complexity index is 5100. The van der Waals surface area contributed by atoms with Crippen LogP contribution in [-0.4, -0.2) is 330 Å². The number of amides is 23. The van der Waals surface area contributed by atoms with Crippen LogP contribution in [0.2, 0.25) is 5.02 Å². The number of benzene rings is 2. The van der Waals surface area contributed by atoms with E-state index in [1.807, 2.05) is 0 Å². The fourth-order valence-corrected chi connectivity index (χ4v) is 13.6. The van der Waals surface area contributed by atoms with Crippen molar-refractivity contribution in [1.29, 1.82) is 0 Å².